The van der Waals surface area contributed by atoms with Gasteiger partial charge in [0, 0.05) is 17.5 Å². The minimum absolute atomic E-state index is 0.239. The summed E-state index contributed by atoms with van der Waals surface area (Å²) in [4.78, 5) is 23.7. The number of aromatic nitrogens is 1. The van der Waals surface area contributed by atoms with E-state index < -0.39 is 11.9 Å². The molecule has 118 valence electrons. The van der Waals surface area contributed by atoms with Crippen molar-refractivity contribution in [1.82, 2.24) is 4.57 Å². The number of carbonyl (C=O) groups is 2. The fraction of sp³-hybridized carbons (Fsp3) is 0.0526. The molecule has 2 aromatic carbocycles. The Labute approximate surface area is 137 Å². The first-order valence-electron chi connectivity index (χ1n) is 7.49. The number of ether oxygens (including phenoxy) is 2. The summed E-state index contributed by atoms with van der Waals surface area (Å²) in [5.74, 6) is -0.701. The summed E-state index contributed by atoms with van der Waals surface area (Å²) < 4.78 is 12.7. The molecule has 2 heterocycles. The van der Waals surface area contributed by atoms with Crippen molar-refractivity contribution in [1.29, 1.82) is 0 Å². The van der Waals surface area contributed by atoms with Crippen molar-refractivity contribution in [2.75, 3.05) is 0 Å². The van der Waals surface area contributed by atoms with E-state index in [0.717, 1.165) is 28.6 Å². The summed E-state index contributed by atoms with van der Waals surface area (Å²) in [6.07, 6.45) is 2.13. The predicted molar refractivity (Wildman–Crippen MR) is 87.9 cm³/mol. The standard InChI is InChI=1S/C19H13NO4/c21-16-10-11-17(22)24-19-18(23-16)14-8-4-5-9-15(14)20(19)12-13-6-2-1-3-7-13/h1-11H,12H2/b11-10+. The smallest absolute Gasteiger partial charge is 0.337 e. The molecule has 1 aliphatic rings. The Kier molecular flexibility index (Phi) is 3.39. The molecule has 0 aliphatic carbocycles. The van der Waals surface area contributed by atoms with Crippen LogP contribution in [0.15, 0.2) is 66.7 Å². The zero-order chi connectivity index (χ0) is 16.5. The lowest BCUT2D eigenvalue weighted by molar-refractivity contribution is -0.133. The first-order chi connectivity index (χ1) is 11.7. The second-order valence-corrected chi connectivity index (χ2v) is 5.40. The molecular weight excluding hydrogens is 306 g/mol. The van der Waals surface area contributed by atoms with Crippen molar-refractivity contribution in [2.45, 2.75) is 6.54 Å². The van der Waals surface area contributed by atoms with E-state index in [2.05, 4.69) is 0 Å². The third-order valence-electron chi connectivity index (χ3n) is 3.82. The van der Waals surface area contributed by atoms with Crippen LogP contribution in [0.25, 0.3) is 10.9 Å². The molecule has 0 radical (unpaired) electrons. The van der Waals surface area contributed by atoms with Crippen molar-refractivity contribution in [3.63, 3.8) is 0 Å². The zero-order valence-electron chi connectivity index (χ0n) is 12.6. The number of para-hydroxylation sites is 1. The lowest BCUT2D eigenvalue weighted by Crippen LogP contribution is -2.15. The fourth-order valence-corrected chi connectivity index (χ4v) is 2.77. The van der Waals surface area contributed by atoms with Gasteiger partial charge in [-0.3, -0.25) is 0 Å². The van der Waals surface area contributed by atoms with E-state index in [1.54, 1.807) is 0 Å². The molecule has 0 fully saturated rings. The predicted octanol–water partition coefficient (Wildman–Crippen LogP) is 3.07. The molecule has 0 saturated heterocycles. The Hall–Kier alpha value is -3.34. The number of hydrogen-bond donors (Lipinski definition) is 0. The molecule has 0 atom stereocenters. The lowest BCUT2D eigenvalue weighted by atomic mass is 10.2. The highest BCUT2D eigenvalue weighted by molar-refractivity contribution is 6.00. The van der Waals surface area contributed by atoms with E-state index in [-0.39, 0.29) is 11.6 Å². The van der Waals surface area contributed by atoms with Gasteiger partial charge in [0.1, 0.15) is 0 Å². The van der Waals surface area contributed by atoms with E-state index >= 15 is 0 Å². The molecule has 3 aromatic rings. The maximum atomic E-state index is 11.9. The van der Waals surface area contributed by atoms with Gasteiger partial charge in [-0.25, -0.2) is 9.59 Å². The largest absolute Gasteiger partial charge is 0.417 e. The molecule has 1 aromatic heterocycles. The Morgan fingerprint density at radius 1 is 0.792 bits per heavy atom. The van der Waals surface area contributed by atoms with Crippen LogP contribution in [0.5, 0.6) is 11.6 Å². The van der Waals surface area contributed by atoms with Crippen LogP contribution in [0.4, 0.5) is 0 Å². The SMILES string of the molecule is O=C1/C=C/C(=O)Oc2c(c3ccccc3n2Cc2ccccc2)O1. The van der Waals surface area contributed by atoms with Gasteiger partial charge in [0.2, 0.25) is 11.6 Å². The molecule has 0 N–H and O–H groups in total. The maximum absolute atomic E-state index is 11.9. The monoisotopic (exact) mass is 319 g/mol. The van der Waals surface area contributed by atoms with Gasteiger partial charge in [0.25, 0.3) is 0 Å². The second kappa shape index (κ2) is 5.70. The average molecular weight is 319 g/mol. The highest BCUT2D eigenvalue weighted by Crippen LogP contribution is 2.40. The van der Waals surface area contributed by atoms with Crippen LogP contribution < -0.4 is 9.47 Å². The zero-order valence-corrected chi connectivity index (χ0v) is 12.6. The minimum Gasteiger partial charge on any atom is -0.417 e. The van der Waals surface area contributed by atoms with E-state index in [1.165, 1.54) is 0 Å². The van der Waals surface area contributed by atoms with Gasteiger partial charge in [0.15, 0.2) is 0 Å². The number of benzene rings is 2. The number of carbonyl (C=O) groups excluding carboxylic acids is 2. The van der Waals surface area contributed by atoms with E-state index in [4.69, 9.17) is 9.47 Å². The molecule has 5 heteroatoms. The quantitative estimate of drug-likeness (QED) is 0.681. The summed E-state index contributed by atoms with van der Waals surface area (Å²) in [6, 6.07) is 17.3. The fourth-order valence-electron chi connectivity index (χ4n) is 2.77. The molecule has 0 spiro atoms. The lowest BCUT2D eigenvalue weighted by Gasteiger charge is -2.12. The normalized spacial score (nSPS) is 15.2. The molecule has 0 unspecified atom stereocenters. The van der Waals surface area contributed by atoms with Crippen molar-refractivity contribution in [3.8, 4) is 11.6 Å². The van der Waals surface area contributed by atoms with Gasteiger partial charge >= 0.3 is 11.9 Å². The van der Waals surface area contributed by atoms with E-state index in [1.807, 2.05) is 59.2 Å². The topological polar surface area (TPSA) is 57.5 Å². The number of rotatable bonds is 2. The number of esters is 2. The molecule has 0 saturated carbocycles. The number of fused-ring (bicyclic) bond motifs is 3. The van der Waals surface area contributed by atoms with Crippen LogP contribution in [0, 0.1) is 0 Å². The highest BCUT2D eigenvalue weighted by Gasteiger charge is 2.25. The van der Waals surface area contributed by atoms with E-state index in [0.29, 0.717) is 6.54 Å². The van der Waals surface area contributed by atoms with Crippen LogP contribution in [-0.4, -0.2) is 16.5 Å². The van der Waals surface area contributed by atoms with Crippen LogP contribution in [0.3, 0.4) is 0 Å². The molecule has 24 heavy (non-hydrogen) atoms. The van der Waals surface area contributed by atoms with Crippen molar-refractivity contribution in [2.24, 2.45) is 0 Å². The number of hydrogen-bond acceptors (Lipinski definition) is 4. The van der Waals surface area contributed by atoms with Gasteiger partial charge < -0.3 is 14.0 Å². The van der Waals surface area contributed by atoms with Crippen LogP contribution >= 0.6 is 0 Å². The summed E-state index contributed by atoms with van der Waals surface area (Å²) in [5.41, 5.74) is 1.87. The third kappa shape index (κ3) is 2.46. The Balaban J connectivity index is 1.93. The molecule has 0 amide bonds. The minimum atomic E-state index is -0.606. The van der Waals surface area contributed by atoms with Gasteiger partial charge in [-0.2, -0.15) is 0 Å². The van der Waals surface area contributed by atoms with Crippen LogP contribution in [-0.2, 0) is 16.1 Å². The van der Waals surface area contributed by atoms with Crippen molar-refractivity contribution >= 4 is 22.8 Å². The molecule has 0 bridgehead atoms. The van der Waals surface area contributed by atoms with Crippen molar-refractivity contribution < 1.29 is 19.1 Å². The van der Waals surface area contributed by atoms with Gasteiger partial charge in [-0.15, -0.1) is 0 Å². The van der Waals surface area contributed by atoms with Crippen LogP contribution in [0.1, 0.15) is 5.56 Å². The third-order valence-corrected chi connectivity index (χ3v) is 3.82. The summed E-state index contributed by atoms with van der Waals surface area (Å²) in [6.45, 7) is 0.491. The molecular formula is C19H13NO4. The highest BCUT2D eigenvalue weighted by atomic mass is 16.6. The first kappa shape index (κ1) is 14.3. The Morgan fingerprint density at radius 2 is 1.46 bits per heavy atom. The average Bonchev–Trinajstić information content (AvgIpc) is 2.86. The second-order valence-electron chi connectivity index (χ2n) is 5.40. The summed E-state index contributed by atoms with van der Waals surface area (Å²) in [7, 11) is 0. The molecule has 4 rings (SSSR count). The maximum Gasteiger partial charge on any atom is 0.337 e. The Morgan fingerprint density at radius 3 is 2.25 bits per heavy atom. The summed E-state index contributed by atoms with van der Waals surface area (Å²) >= 11 is 0. The van der Waals surface area contributed by atoms with Gasteiger partial charge in [-0.1, -0.05) is 42.5 Å². The number of nitrogens with zero attached hydrogens (tertiary/aromatic N) is 1. The van der Waals surface area contributed by atoms with Crippen molar-refractivity contribution in [3.05, 3.63) is 72.3 Å². The Bertz CT molecular complexity index is 970. The van der Waals surface area contributed by atoms with Crippen LogP contribution in [0.2, 0.25) is 0 Å². The molecule has 1 aliphatic heterocycles. The van der Waals surface area contributed by atoms with E-state index in [9.17, 15) is 9.59 Å². The van der Waals surface area contributed by atoms with Gasteiger partial charge in [-0.05, 0) is 17.7 Å². The summed E-state index contributed by atoms with van der Waals surface area (Å²) in [5, 5.41) is 0.722. The first-order valence-corrected chi connectivity index (χ1v) is 7.49. The van der Waals surface area contributed by atoms with Gasteiger partial charge in [0.05, 0.1) is 12.1 Å². The molecule has 5 nitrogen and oxygen atoms in total.